The fourth-order valence-electron chi connectivity index (χ4n) is 6.49. The molecule has 4 bridgehead atoms. The number of nitrogens with one attached hydrogen (secondary N) is 1. The van der Waals surface area contributed by atoms with Gasteiger partial charge >= 0.3 is 12.1 Å². The normalized spacial score (nSPS) is 32.3. The van der Waals surface area contributed by atoms with Crippen molar-refractivity contribution in [1.82, 2.24) is 10.2 Å². The van der Waals surface area contributed by atoms with Crippen LogP contribution >= 0.6 is 24.2 Å². The molecular weight excluding hydrogens is 690 g/mol. The average Bonchev–Trinajstić information content (AvgIpc) is 3.76. The van der Waals surface area contributed by atoms with E-state index >= 15 is 0 Å². The number of epoxide rings is 1. The number of hydrogen-bond acceptors (Lipinski definition) is 11. The van der Waals surface area contributed by atoms with E-state index < -0.39 is 65.7 Å². The SMILES string of the molecule is COc1cc2cc(c1Cl)N(C)C(=O)C[C@H](OC(=O)[C@H](C)N(C)C(=O)CCS)[C@@]1(C)O[C@H]1[C@H](C)[C@@H]1C[C@@](O)(NC(=O)O1)[C@H](OC)/C=C\C=C(\C)C2. The number of thiol groups is 1. The van der Waals surface area contributed by atoms with Crippen LogP contribution in [0.15, 0.2) is 35.9 Å². The number of anilines is 1. The van der Waals surface area contributed by atoms with Crippen molar-refractivity contribution in [3.05, 3.63) is 46.5 Å². The summed E-state index contributed by atoms with van der Waals surface area (Å²) in [5, 5.41) is 14.4. The summed E-state index contributed by atoms with van der Waals surface area (Å²) in [6, 6.07) is 2.60. The predicted octanol–water partition coefficient (Wildman–Crippen LogP) is 3.83. The molecule has 4 rings (SSSR count). The third-order valence-electron chi connectivity index (χ3n) is 9.85. The summed E-state index contributed by atoms with van der Waals surface area (Å²) in [5.41, 5.74) is -0.903. The molecule has 3 heterocycles. The molecular formula is C35H48ClN3O10S. The summed E-state index contributed by atoms with van der Waals surface area (Å²) >= 11 is 10.8. The molecule has 2 saturated heterocycles. The summed E-state index contributed by atoms with van der Waals surface area (Å²) in [6.07, 6.45) is 1.08. The number of carbonyl (C=O) groups is 4. The van der Waals surface area contributed by atoms with E-state index in [1.807, 2.05) is 13.0 Å². The quantitative estimate of drug-likeness (QED) is 0.214. The second-order valence-corrected chi connectivity index (χ2v) is 14.2. The number of likely N-dealkylation sites (N-methyl/N-ethyl adjacent to an activating group) is 1. The highest BCUT2D eigenvalue weighted by Crippen LogP contribution is 2.49. The van der Waals surface area contributed by atoms with Gasteiger partial charge in [-0.05, 0) is 50.6 Å². The van der Waals surface area contributed by atoms with Crippen LogP contribution in [-0.2, 0) is 39.8 Å². The molecule has 3 amide bonds. The Hall–Kier alpha value is -3.30. The molecule has 8 atom stereocenters. The van der Waals surface area contributed by atoms with Crippen molar-refractivity contribution < 1.29 is 48.0 Å². The average molecular weight is 738 g/mol. The molecule has 0 radical (unpaired) electrons. The van der Waals surface area contributed by atoms with E-state index in [-0.39, 0.29) is 30.2 Å². The Labute approximate surface area is 303 Å². The molecule has 2 N–H and O–H groups in total. The minimum Gasteiger partial charge on any atom is -0.495 e. The van der Waals surface area contributed by atoms with Crippen LogP contribution in [0.1, 0.15) is 52.5 Å². The molecule has 3 aliphatic heterocycles. The van der Waals surface area contributed by atoms with Crippen LogP contribution in [0, 0.1) is 5.92 Å². The molecule has 0 saturated carbocycles. The van der Waals surface area contributed by atoms with Gasteiger partial charge in [0.25, 0.3) is 0 Å². The molecule has 276 valence electrons. The zero-order valence-corrected chi connectivity index (χ0v) is 31.4. The van der Waals surface area contributed by atoms with Crippen LogP contribution in [-0.4, -0.2) is 110 Å². The highest BCUT2D eigenvalue weighted by molar-refractivity contribution is 7.80. The van der Waals surface area contributed by atoms with E-state index in [9.17, 15) is 24.3 Å². The van der Waals surface area contributed by atoms with Gasteiger partial charge in [-0.1, -0.05) is 42.3 Å². The van der Waals surface area contributed by atoms with Crippen LogP contribution in [0.2, 0.25) is 5.02 Å². The lowest BCUT2D eigenvalue weighted by atomic mass is 9.83. The number of nitrogens with zero attached hydrogens (tertiary/aromatic N) is 2. The number of methoxy groups -OCH3 is 2. The van der Waals surface area contributed by atoms with Gasteiger partial charge in [0.05, 0.1) is 25.3 Å². The second kappa shape index (κ2) is 15.9. The van der Waals surface area contributed by atoms with Crippen molar-refractivity contribution in [2.75, 3.05) is 39.0 Å². The lowest BCUT2D eigenvalue weighted by Gasteiger charge is -2.42. The third-order valence-corrected chi connectivity index (χ3v) is 10.5. The van der Waals surface area contributed by atoms with Crippen LogP contribution in [0.5, 0.6) is 5.75 Å². The number of amides is 3. The molecule has 1 aromatic carbocycles. The van der Waals surface area contributed by atoms with Gasteiger partial charge in [0, 0.05) is 40.0 Å². The molecule has 3 aliphatic rings. The van der Waals surface area contributed by atoms with Gasteiger partial charge in [0.2, 0.25) is 11.8 Å². The van der Waals surface area contributed by atoms with Gasteiger partial charge in [0.1, 0.15) is 40.7 Å². The van der Waals surface area contributed by atoms with E-state index in [1.165, 1.54) is 38.0 Å². The van der Waals surface area contributed by atoms with Crippen molar-refractivity contribution >= 4 is 53.8 Å². The summed E-state index contributed by atoms with van der Waals surface area (Å²) in [4.78, 5) is 55.6. The fraction of sp³-hybridized carbons (Fsp3) is 0.600. The van der Waals surface area contributed by atoms with E-state index in [2.05, 4.69) is 17.9 Å². The Morgan fingerprint density at radius 1 is 1.28 bits per heavy atom. The number of aliphatic hydroxyl groups is 1. The third kappa shape index (κ3) is 8.42. The lowest BCUT2D eigenvalue weighted by Crippen LogP contribution is -2.63. The number of allylic oxidation sites excluding steroid dienone is 3. The molecule has 0 spiro atoms. The first-order valence-electron chi connectivity index (χ1n) is 16.4. The molecule has 0 aromatic heterocycles. The molecule has 13 nitrogen and oxygen atoms in total. The molecule has 1 aromatic rings. The van der Waals surface area contributed by atoms with Crippen LogP contribution in [0.25, 0.3) is 0 Å². The molecule has 15 heteroatoms. The number of carbonyl (C=O) groups excluding carboxylic acids is 4. The van der Waals surface area contributed by atoms with Crippen molar-refractivity contribution in [1.29, 1.82) is 0 Å². The second-order valence-electron chi connectivity index (χ2n) is 13.4. The highest BCUT2D eigenvalue weighted by atomic mass is 35.5. The van der Waals surface area contributed by atoms with Crippen LogP contribution in [0.3, 0.4) is 0 Å². The van der Waals surface area contributed by atoms with Crippen molar-refractivity contribution in [2.24, 2.45) is 5.92 Å². The number of hydrogen-bond donors (Lipinski definition) is 3. The first-order chi connectivity index (χ1) is 23.5. The van der Waals surface area contributed by atoms with E-state index in [4.69, 9.17) is 35.3 Å². The van der Waals surface area contributed by atoms with Gasteiger partial charge in [-0.2, -0.15) is 12.6 Å². The maximum atomic E-state index is 14.0. The number of alkyl carbamates (subject to hydrolysis) is 1. The smallest absolute Gasteiger partial charge is 0.409 e. The number of fused-ring (bicyclic) bond motifs is 5. The Balaban J connectivity index is 1.78. The van der Waals surface area contributed by atoms with Crippen molar-refractivity contribution in [3.63, 3.8) is 0 Å². The minimum absolute atomic E-state index is 0.0489. The van der Waals surface area contributed by atoms with Gasteiger partial charge in [-0.15, -0.1) is 0 Å². The zero-order chi connectivity index (χ0) is 37.1. The maximum absolute atomic E-state index is 14.0. The first-order valence-corrected chi connectivity index (χ1v) is 17.5. The number of benzene rings is 1. The molecule has 2 fully saturated rings. The van der Waals surface area contributed by atoms with Crippen LogP contribution < -0.4 is 15.0 Å². The summed E-state index contributed by atoms with van der Waals surface area (Å²) < 4.78 is 29.0. The van der Waals surface area contributed by atoms with E-state index in [1.54, 1.807) is 45.2 Å². The first kappa shape index (κ1) is 39.5. The molecule has 0 unspecified atom stereocenters. The summed E-state index contributed by atoms with van der Waals surface area (Å²) in [5.74, 6) is -1.30. The highest BCUT2D eigenvalue weighted by Gasteiger charge is 2.64. The maximum Gasteiger partial charge on any atom is 0.409 e. The van der Waals surface area contributed by atoms with Gasteiger partial charge in [-0.25, -0.2) is 9.59 Å². The van der Waals surface area contributed by atoms with Crippen molar-refractivity contribution in [2.45, 2.75) is 95.2 Å². The Kier molecular flexibility index (Phi) is 12.6. The Morgan fingerprint density at radius 2 is 1.98 bits per heavy atom. The largest absolute Gasteiger partial charge is 0.495 e. The topological polar surface area (TPSA) is 156 Å². The molecule has 50 heavy (non-hydrogen) atoms. The van der Waals surface area contributed by atoms with E-state index in [0.717, 1.165) is 11.1 Å². The van der Waals surface area contributed by atoms with Crippen LogP contribution in [0.4, 0.5) is 10.5 Å². The van der Waals surface area contributed by atoms with Gasteiger partial charge in [-0.3, -0.25) is 14.9 Å². The standard InChI is InChI=1S/C35H48ClN3O10S/c1-19-10-9-11-26(46-8)35(44)18-25(47-33(43)37-35)20(2)31-34(4,49-31)27(48-32(42)21(3)38(5)28(40)12-13-50)17-29(41)39(6)23-15-22(14-19)16-24(45-7)30(23)36/h9-11,15-16,20-21,25-27,31,44,50H,12-14,17-18H2,1-8H3,(H,37,43)/b11-9-,19-10-/t20-,21+,25+,26-,27+,31+,34-,35+/m1/s1. The fourth-order valence-corrected chi connectivity index (χ4v) is 6.99. The van der Waals surface area contributed by atoms with Crippen molar-refractivity contribution in [3.8, 4) is 5.75 Å². The molecule has 0 aliphatic carbocycles. The summed E-state index contributed by atoms with van der Waals surface area (Å²) in [6.45, 7) is 6.96. The number of halogens is 1. The Bertz CT molecular complexity index is 1540. The number of esters is 1. The van der Waals surface area contributed by atoms with Gasteiger partial charge < -0.3 is 38.6 Å². The van der Waals surface area contributed by atoms with E-state index in [0.29, 0.717) is 23.6 Å². The number of rotatable bonds is 7. The predicted molar refractivity (Wildman–Crippen MR) is 189 cm³/mol. The summed E-state index contributed by atoms with van der Waals surface area (Å²) in [7, 11) is 5.98. The number of ether oxygens (including phenoxy) is 5. The monoisotopic (exact) mass is 737 g/mol. The zero-order valence-electron chi connectivity index (χ0n) is 29.7. The Morgan fingerprint density at radius 3 is 2.62 bits per heavy atom. The lowest BCUT2D eigenvalue weighted by molar-refractivity contribution is -0.161. The minimum atomic E-state index is -1.82. The van der Waals surface area contributed by atoms with Gasteiger partial charge in [0.15, 0.2) is 5.72 Å².